The van der Waals surface area contributed by atoms with E-state index < -0.39 is 9.05 Å². The molecule has 0 saturated heterocycles. The summed E-state index contributed by atoms with van der Waals surface area (Å²) in [7, 11) is 1.39. The summed E-state index contributed by atoms with van der Waals surface area (Å²) in [5.74, 6) is 0.0606. The van der Waals surface area contributed by atoms with Crippen molar-refractivity contribution in [2.24, 2.45) is 0 Å². The lowest BCUT2D eigenvalue weighted by atomic mass is 10.1. The minimum Gasteiger partial charge on any atom is -0.207 e. The van der Waals surface area contributed by atoms with Crippen molar-refractivity contribution in [1.29, 1.82) is 0 Å². The molecule has 2 heterocycles. The van der Waals surface area contributed by atoms with E-state index in [9.17, 15) is 8.42 Å². The molecule has 0 N–H and O–H groups in total. The highest BCUT2D eigenvalue weighted by molar-refractivity contribution is 8.13. The Morgan fingerprint density at radius 1 is 1.20 bits per heavy atom. The highest BCUT2D eigenvalue weighted by Crippen LogP contribution is 2.33. The van der Waals surface area contributed by atoms with Gasteiger partial charge in [0.25, 0.3) is 9.05 Å². The van der Waals surface area contributed by atoms with E-state index in [1.54, 1.807) is 13.8 Å². The van der Waals surface area contributed by atoms with Crippen LogP contribution >= 0.6 is 33.9 Å². The minimum absolute atomic E-state index is 0.139. The lowest BCUT2D eigenvalue weighted by molar-refractivity contribution is 0.607. The van der Waals surface area contributed by atoms with Crippen LogP contribution in [0.5, 0.6) is 0 Å². The lowest BCUT2D eigenvalue weighted by Gasteiger charge is -2.01. The maximum Gasteiger partial charge on any atom is 0.266 e. The maximum atomic E-state index is 11.6. The van der Waals surface area contributed by atoms with E-state index in [0.717, 1.165) is 4.68 Å². The molecule has 0 aromatic carbocycles. The quantitative estimate of drug-likeness (QED) is 0.791. The van der Waals surface area contributed by atoms with Crippen LogP contribution in [-0.4, -0.2) is 28.4 Å². The van der Waals surface area contributed by atoms with Gasteiger partial charge in [-0.05, 0) is 18.1 Å². The van der Waals surface area contributed by atoms with Gasteiger partial charge in [-0.1, -0.05) is 37.0 Å². The average molecular weight is 356 g/mol. The second-order valence-corrected chi connectivity index (χ2v) is 7.47. The summed E-state index contributed by atoms with van der Waals surface area (Å²) >= 11 is 11.7. The fourth-order valence-electron chi connectivity index (χ4n) is 1.58. The summed E-state index contributed by atoms with van der Waals surface area (Å²) in [6.45, 7) is 3.56. The third-order valence-corrected chi connectivity index (χ3v) is 4.46. The number of hydrogen-bond donors (Lipinski definition) is 0. The topological polar surface area (TPSA) is 77.7 Å². The largest absolute Gasteiger partial charge is 0.266 e. The zero-order chi connectivity index (χ0) is 15.1. The molecule has 10 heteroatoms. The Morgan fingerprint density at radius 3 is 2.25 bits per heavy atom. The van der Waals surface area contributed by atoms with Crippen LogP contribution in [0.1, 0.15) is 25.5 Å². The van der Waals surface area contributed by atoms with Crippen molar-refractivity contribution in [3.8, 4) is 5.82 Å². The van der Waals surface area contributed by atoms with Gasteiger partial charge in [0.2, 0.25) is 0 Å². The van der Waals surface area contributed by atoms with Gasteiger partial charge in [-0.25, -0.2) is 13.1 Å². The molecule has 0 aliphatic rings. The first kappa shape index (κ1) is 15.5. The van der Waals surface area contributed by atoms with Crippen LogP contribution in [0.3, 0.4) is 0 Å². The van der Waals surface area contributed by atoms with Gasteiger partial charge in [0.15, 0.2) is 16.1 Å². The highest BCUT2D eigenvalue weighted by atomic mass is 35.7. The van der Waals surface area contributed by atoms with E-state index in [2.05, 4.69) is 15.3 Å². The predicted octanol–water partition coefficient (Wildman–Crippen LogP) is 3.02. The van der Waals surface area contributed by atoms with Gasteiger partial charge in [0, 0.05) is 10.7 Å². The fourth-order valence-corrected chi connectivity index (χ4v) is 3.59. The number of rotatable bonds is 3. The van der Waals surface area contributed by atoms with Crippen molar-refractivity contribution in [3.63, 3.8) is 0 Å². The SMILES string of the molecule is CC(C)c1nn(-c2ccc(Cl)nn2)c(Cl)c1S(=O)(=O)Cl. The molecule has 20 heavy (non-hydrogen) atoms. The molecule has 108 valence electrons. The van der Waals surface area contributed by atoms with Crippen LogP contribution < -0.4 is 0 Å². The van der Waals surface area contributed by atoms with E-state index in [-0.39, 0.29) is 32.6 Å². The van der Waals surface area contributed by atoms with Crippen LogP contribution in [0.25, 0.3) is 5.82 Å². The normalized spacial score (nSPS) is 12.1. The Bertz CT molecular complexity index is 741. The Kier molecular flexibility index (Phi) is 4.24. The average Bonchev–Trinajstić information content (AvgIpc) is 2.68. The van der Waals surface area contributed by atoms with Gasteiger partial charge in [0.1, 0.15) is 4.90 Å². The molecule has 0 atom stereocenters. The summed E-state index contributed by atoms with van der Waals surface area (Å²) in [5, 5.41) is 11.7. The second kappa shape index (κ2) is 5.48. The maximum absolute atomic E-state index is 11.6. The molecule has 0 aliphatic carbocycles. The smallest absolute Gasteiger partial charge is 0.207 e. The van der Waals surface area contributed by atoms with Crippen molar-refractivity contribution >= 4 is 42.9 Å². The third kappa shape index (κ3) is 2.90. The second-order valence-electron chi connectivity index (χ2n) is 4.22. The van der Waals surface area contributed by atoms with Crippen LogP contribution in [-0.2, 0) is 9.05 Å². The third-order valence-electron chi connectivity index (χ3n) is 2.44. The molecule has 2 aromatic heterocycles. The molecule has 0 amide bonds. The molecule has 6 nitrogen and oxygen atoms in total. The zero-order valence-corrected chi connectivity index (χ0v) is 13.5. The van der Waals surface area contributed by atoms with Crippen molar-refractivity contribution in [3.05, 3.63) is 28.1 Å². The predicted molar refractivity (Wildman–Crippen MR) is 76.3 cm³/mol. The van der Waals surface area contributed by atoms with Crippen LogP contribution in [0.2, 0.25) is 10.3 Å². The Balaban J connectivity index is 2.71. The monoisotopic (exact) mass is 354 g/mol. The molecule has 0 spiro atoms. The molecule has 2 aromatic rings. The Morgan fingerprint density at radius 2 is 1.85 bits per heavy atom. The fraction of sp³-hybridized carbons (Fsp3) is 0.300. The van der Waals surface area contributed by atoms with Crippen molar-refractivity contribution < 1.29 is 8.42 Å². The van der Waals surface area contributed by atoms with Gasteiger partial charge in [-0.15, -0.1) is 10.2 Å². The Labute approximate surface area is 130 Å². The highest BCUT2D eigenvalue weighted by Gasteiger charge is 2.28. The molecular weight excluding hydrogens is 347 g/mol. The summed E-state index contributed by atoms with van der Waals surface area (Å²) in [4.78, 5) is -0.215. The lowest BCUT2D eigenvalue weighted by Crippen LogP contribution is -2.02. The molecule has 0 bridgehead atoms. The van der Waals surface area contributed by atoms with E-state index in [4.69, 9.17) is 33.9 Å². The number of aromatic nitrogens is 4. The van der Waals surface area contributed by atoms with Crippen LogP contribution in [0.4, 0.5) is 0 Å². The van der Waals surface area contributed by atoms with Crippen molar-refractivity contribution in [2.45, 2.75) is 24.7 Å². The Hall–Kier alpha value is -0.890. The summed E-state index contributed by atoms with van der Waals surface area (Å²) < 4.78 is 24.5. The molecule has 2 rings (SSSR count). The summed E-state index contributed by atoms with van der Waals surface area (Å²) in [6, 6.07) is 3.01. The van der Waals surface area contributed by atoms with E-state index >= 15 is 0 Å². The number of hydrogen-bond acceptors (Lipinski definition) is 5. The number of halogens is 3. The van der Waals surface area contributed by atoms with Crippen molar-refractivity contribution in [1.82, 2.24) is 20.0 Å². The standard InChI is InChI=1S/C10H9Cl3N4O2S/c1-5(2)8-9(20(13,18)19)10(12)17(16-8)7-4-3-6(11)14-15-7/h3-5H,1-2H3. The van der Waals surface area contributed by atoms with E-state index in [1.165, 1.54) is 12.1 Å². The number of nitrogens with zero attached hydrogens (tertiary/aromatic N) is 4. The zero-order valence-electron chi connectivity index (χ0n) is 10.4. The first-order valence-electron chi connectivity index (χ1n) is 5.44. The molecule has 0 unspecified atom stereocenters. The first-order chi connectivity index (χ1) is 9.21. The van der Waals surface area contributed by atoms with E-state index in [1.807, 2.05) is 0 Å². The van der Waals surface area contributed by atoms with Gasteiger partial charge < -0.3 is 0 Å². The molecule has 0 fully saturated rings. The molecular formula is C10H9Cl3N4O2S. The molecule has 0 radical (unpaired) electrons. The van der Waals surface area contributed by atoms with Gasteiger partial charge >= 0.3 is 0 Å². The molecule has 0 aliphatic heterocycles. The van der Waals surface area contributed by atoms with Crippen LogP contribution in [0.15, 0.2) is 17.0 Å². The van der Waals surface area contributed by atoms with E-state index in [0.29, 0.717) is 0 Å². The van der Waals surface area contributed by atoms with Crippen LogP contribution in [0, 0.1) is 0 Å². The van der Waals surface area contributed by atoms with Gasteiger partial charge in [-0.3, -0.25) is 0 Å². The summed E-state index contributed by atoms with van der Waals surface area (Å²) in [5.41, 5.74) is 0.266. The van der Waals surface area contributed by atoms with Gasteiger partial charge in [-0.2, -0.15) is 5.10 Å². The van der Waals surface area contributed by atoms with Gasteiger partial charge in [0.05, 0.1) is 5.69 Å². The molecule has 0 saturated carbocycles. The first-order valence-corrected chi connectivity index (χ1v) is 8.51. The van der Waals surface area contributed by atoms with Crippen molar-refractivity contribution in [2.75, 3.05) is 0 Å². The summed E-state index contributed by atoms with van der Waals surface area (Å²) in [6.07, 6.45) is 0. The minimum atomic E-state index is -4.02.